The van der Waals surface area contributed by atoms with E-state index in [1.807, 2.05) is 0 Å². The minimum absolute atomic E-state index is 0.193. The molecular formula is C28H31F3N2O5S. The van der Waals surface area contributed by atoms with Gasteiger partial charge < -0.3 is 15.2 Å². The van der Waals surface area contributed by atoms with Gasteiger partial charge in [-0.2, -0.15) is 13.2 Å². The largest absolute Gasteiger partial charge is 0.494 e. The first-order valence-electron chi connectivity index (χ1n) is 12.4. The Kier molecular flexibility index (Phi) is 9.98. The molecule has 0 fully saturated rings. The zero-order valence-corrected chi connectivity index (χ0v) is 22.4. The molecule has 39 heavy (non-hydrogen) atoms. The number of carbonyl (C=O) groups excluding carboxylic acids is 1. The van der Waals surface area contributed by atoms with E-state index in [9.17, 15) is 26.4 Å². The Morgan fingerprint density at radius 3 is 2.38 bits per heavy atom. The second-order valence-electron chi connectivity index (χ2n) is 8.88. The first kappa shape index (κ1) is 30.0. The molecule has 3 aromatic rings. The summed E-state index contributed by atoms with van der Waals surface area (Å²) in [6.45, 7) is 4.40. The van der Waals surface area contributed by atoms with Crippen molar-refractivity contribution in [2.75, 3.05) is 6.61 Å². The van der Waals surface area contributed by atoms with E-state index in [1.54, 1.807) is 35.9 Å². The number of benzene rings is 3. The molecule has 3 rings (SSSR count). The van der Waals surface area contributed by atoms with Crippen LogP contribution in [0.5, 0.6) is 11.5 Å². The molecule has 210 valence electrons. The van der Waals surface area contributed by atoms with Crippen molar-refractivity contribution in [1.82, 2.24) is 4.72 Å². The molecule has 0 heterocycles. The van der Waals surface area contributed by atoms with Gasteiger partial charge in [0.05, 0.1) is 17.1 Å². The third-order valence-corrected chi connectivity index (χ3v) is 7.24. The maximum Gasteiger partial charge on any atom is 0.419 e. The summed E-state index contributed by atoms with van der Waals surface area (Å²) in [5.74, 6) is -1.13. The van der Waals surface area contributed by atoms with Gasteiger partial charge in [0.1, 0.15) is 17.6 Å². The normalized spacial score (nSPS) is 12.6. The highest BCUT2D eigenvalue weighted by Crippen LogP contribution is 2.39. The van der Waals surface area contributed by atoms with Crippen LogP contribution in [-0.2, 0) is 22.7 Å². The number of unbranched alkanes of at least 4 members (excludes halogenated alkanes) is 2. The van der Waals surface area contributed by atoms with Crippen molar-refractivity contribution in [1.29, 1.82) is 0 Å². The molecule has 0 spiro atoms. The molecule has 0 saturated carbocycles. The summed E-state index contributed by atoms with van der Waals surface area (Å²) < 4.78 is 80.1. The number of ether oxygens (including phenoxy) is 2. The number of halogens is 3. The lowest BCUT2D eigenvalue weighted by Crippen LogP contribution is -2.30. The third-order valence-electron chi connectivity index (χ3n) is 5.89. The molecule has 3 aromatic carbocycles. The van der Waals surface area contributed by atoms with E-state index >= 15 is 0 Å². The summed E-state index contributed by atoms with van der Waals surface area (Å²) in [6.07, 6.45) is -2.67. The smallest absolute Gasteiger partial charge is 0.419 e. The third kappa shape index (κ3) is 8.21. The van der Waals surface area contributed by atoms with Crippen LogP contribution in [0, 0.1) is 0 Å². The van der Waals surface area contributed by atoms with Gasteiger partial charge in [-0.25, -0.2) is 13.1 Å². The lowest BCUT2D eigenvalue weighted by molar-refractivity contribution is -0.139. The number of nitrogens with two attached hydrogens (primary N) is 1. The Morgan fingerprint density at radius 2 is 1.74 bits per heavy atom. The van der Waals surface area contributed by atoms with Crippen LogP contribution in [0.1, 0.15) is 66.3 Å². The standard InChI is InChI=1S/C28H31F3N2O5S/c1-3-4-5-15-37-23-8-6-7-21(16-23)19(2)38-26-14-11-22(17-25(26)28(29,30)31)27(34)33-39(35,36)24-12-9-20(18-32)10-13-24/h6-14,16-17,19H,3-5,15,18,32H2,1-2H3,(H,33,34). The van der Waals surface area contributed by atoms with Crippen LogP contribution >= 0.6 is 0 Å². The van der Waals surface area contributed by atoms with Gasteiger partial charge in [0, 0.05) is 12.1 Å². The highest BCUT2D eigenvalue weighted by molar-refractivity contribution is 7.90. The molecule has 0 aromatic heterocycles. The topological polar surface area (TPSA) is 108 Å². The average molecular weight is 565 g/mol. The van der Waals surface area contributed by atoms with E-state index in [0.29, 0.717) is 29.5 Å². The lowest BCUT2D eigenvalue weighted by Gasteiger charge is -2.20. The van der Waals surface area contributed by atoms with Gasteiger partial charge in [-0.05, 0) is 66.9 Å². The Bertz CT molecular complexity index is 1380. The molecule has 3 N–H and O–H groups in total. The fourth-order valence-corrected chi connectivity index (χ4v) is 4.67. The van der Waals surface area contributed by atoms with Crippen LogP contribution in [0.4, 0.5) is 13.2 Å². The zero-order valence-electron chi connectivity index (χ0n) is 21.6. The Labute approximate surface area is 226 Å². The second kappa shape index (κ2) is 13.0. The Balaban J connectivity index is 1.79. The summed E-state index contributed by atoms with van der Waals surface area (Å²) in [4.78, 5) is 12.4. The predicted octanol–water partition coefficient (Wildman–Crippen LogP) is 5.99. The summed E-state index contributed by atoms with van der Waals surface area (Å²) in [6, 6.07) is 15.0. The average Bonchev–Trinajstić information content (AvgIpc) is 2.90. The molecule has 0 aliphatic carbocycles. The van der Waals surface area contributed by atoms with E-state index < -0.39 is 45.1 Å². The quantitative estimate of drug-likeness (QED) is 0.262. The first-order chi connectivity index (χ1) is 18.4. The molecule has 0 radical (unpaired) electrons. The second-order valence-corrected chi connectivity index (χ2v) is 10.6. The van der Waals surface area contributed by atoms with Crippen molar-refractivity contribution < 1.29 is 35.9 Å². The van der Waals surface area contributed by atoms with E-state index in [2.05, 4.69) is 6.92 Å². The van der Waals surface area contributed by atoms with E-state index in [0.717, 1.165) is 31.4 Å². The van der Waals surface area contributed by atoms with Crippen LogP contribution in [0.2, 0.25) is 0 Å². The fourth-order valence-electron chi connectivity index (χ4n) is 3.70. The monoisotopic (exact) mass is 564 g/mol. The number of rotatable bonds is 12. The van der Waals surface area contributed by atoms with Gasteiger partial charge in [-0.3, -0.25) is 4.79 Å². The number of hydrogen-bond acceptors (Lipinski definition) is 6. The van der Waals surface area contributed by atoms with Crippen LogP contribution in [0.15, 0.2) is 71.6 Å². The molecule has 1 unspecified atom stereocenters. The number of nitrogens with one attached hydrogen (secondary N) is 1. The van der Waals surface area contributed by atoms with Crippen LogP contribution < -0.4 is 19.9 Å². The van der Waals surface area contributed by atoms with E-state index in [-0.39, 0.29) is 11.4 Å². The molecule has 0 saturated heterocycles. The minimum Gasteiger partial charge on any atom is -0.494 e. The number of amides is 1. The maximum atomic E-state index is 13.9. The van der Waals surface area contributed by atoms with E-state index in [1.165, 1.54) is 24.3 Å². The molecule has 0 aliphatic rings. The molecule has 0 bridgehead atoms. The maximum absolute atomic E-state index is 13.9. The molecule has 7 nitrogen and oxygen atoms in total. The number of sulfonamides is 1. The molecule has 11 heteroatoms. The summed E-state index contributed by atoms with van der Waals surface area (Å²) in [7, 11) is -4.33. The summed E-state index contributed by atoms with van der Waals surface area (Å²) in [5.41, 5.74) is 5.07. The molecule has 1 amide bonds. The number of hydrogen-bond donors (Lipinski definition) is 2. The van der Waals surface area contributed by atoms with E-state index in [4.69, 9.17) is 15.2 Å². The van der Waals surface area contributed by atoms with Gasteiger partial charge in [0.2, 0.25) is 0 Å². The van der Waals surface area contributed by atoms with Crippen molar-refractivity contribution in [3.8, 4) is 11.5 Å². The van der Waals surface area contributed by atoms with Crippen molar-refractivity contribution in [2.24, 2.45) is 5.73 Å². The highest BCUT2D eigenvalue weighted by Gasteiger charge is 2.36. The van der Waals surface area contributed by atoms with Crippen molar-refractivity contribution >= 4 is 15.9 Å². The zero-order chi connectivity index (χ0) is 28.6. The fraction of sp³-hybridized carbons (Fsp3) is 0.321. The molecule has 1 atom stereocenters. The Morgan fingerprint density at radius 1 is 1.03 bits per heavy atom. The van der Waals surface area contributed by atoms with Crippen LogP contribution in [-0.4, -0.2) is 20.9 Å². The number of carbonyl (C=O) groups is 1. The first-order valence-corrected chi connectivity index (χ1v) is 13.9. The van der Waals surface area contributed by atoms with Crippen LogP contribution in [0.3, 0.4) is 0 Å². The van der Waals surface area contributed by atoms with Gasteiger partial charge in [-0.1, -0.05) is 44.0 Å². The Hall–Kier alpha value is -3.57. The van der Waals surface area contributed by atoms with Crippen molar-refractivity contribution in [3.63, 3.8) is 0 Å². The lowest BCUT2D eigenvalue weighted by atomic mass is 10.1. The minimum atomic E-state index is -4.87. The van der Waals surface area contributed by atoms with Crippen LogP contribution in [0.25, 0.3) is 0 Å². The van der Waals surface area contributed by atoms with Crippen molar-refractivity contribution in [3.05, 3.63) is 89.0 Å². The highest BCUT2D eigenvalue weighted by atomic mass is 32.2. The van der Waals surface area contributed by atoms with Gasteiger partial charge in [0.15, 0.2) is 0 Å². The van der Waals surface area contributed by atoms with Crippen molar-refractivity contribution in [2.45, 2.75) is 56.8 Å². The summed E-state index contributed by atoms with van der Waals surface area (Å²) >= 11 is 0. The van der Waals surface area contributed by atoms with Gasteiger partial charge in [0.25, 0.3) is 15.9 Å². The van der Waals surface area contributed by atoms with Gasteiger partial charge in [-0.15, -0.1) is 0 Å². The molecule has 0 aliphatic heterocycles. The summed E-state index contributed by atoms with van der Waals surface area (Å²) in [5, 5.41) is 0. The molecular weight excluding hydrogens is 533 g/mol. The van der Waals surface area contributed by atoms with Gasteiger partial charge >= 0.3 is 6.18 Å². The SMILES string of the molecule is CCCCCOc1cccc(C(C)Oc2ccc(C(=O)NS(=O)(=O)c3ccc(CN)cc3)cc2C(F)(F)F)c1. The predicted molar refractivity (Wildman–Crippen MR) is 141 cm³/mol. The number of alkyl halides is 3.